The third-order valence-corrected chi connectivity index (χ3v) is 7.80. The summed E-state index contributed by atoms with van der Waals surface area (Å²) < 4.78 is 11.5. The van der Waals surface area contributed by atoms with Crippen molar-refractivity contribution in [3.63, 3.8) is 0 Å². The zero-order valence-corrected chi connectivity index (χ0v) is 26.9. The van der Waals surface area contributed by atoms with E-state index < -0.39 is 0 Å². The molecule has 9 nitrogen and oxygen atoms in total. The minimum atomic E-state index is -0.345. The minimum absolute atomic E-state index is 0.177. The van der Waals surface area contributed by atoms with Crippen LogP contribution < -0.4 is 25.5 Å². The number of aromatic nitrogens is 1. The molecule has 2 amide bonds. The average molecular weight is 634 g/mol. The van der Waals surface area contributed by atoms with Crippen LogP contribution in [0.3, 0.4) is 0 Å². The summed E-state index contributed by atoms with van der Waals surface area (Å²) in [6.45, 7) is 8.15. The van der Waals surface area contributed by atoms with Crippen LogP contribution >= 0.6 is 11.3 Å². The summed E-state index contributed by atoms with van der Waals surface area (Å²) >= 11 is 1.52. The van der Waals surface area contributed by atoms with Crippen molar-refractivity contribution in [1.82, 2.24) is 10.4 Å². The molecule has 1 heterocycles. The lowest BCUT2D eigenvalue weighted by Crippen LogP contribution is -2.20. The zero-order valence-electron chi connectivity index (χ0n) is 26.1. The summed E-state index contributed by atoms with van der Waals surface area (Å²) in [5.41, 5.74) is 10.6. The van der Waals surface area contributed by atoms with Crippen LogP contribution in [0.15, 0.2) is 95.4 Å². The second-order valence-corrected chi connectivity index (χ2v) is 11.4. The van der Waals surface area contributed by atoms with Crippen molar-refractivity contribution < 1.29 is 19.1 Å². The smallest absolute Gasteiger partial charge is 0.271 e. The van der Waals surface area contributed by atoms with E-state index in [1.807, 2.05) is 80.7 Å². The Bertz CT molecular complexity index is 1850. The number of thiazole rings is 1. The van der Waals surface area contributed by atoms with Crippen molar-refractivity contribution >= 4 is 45.9 Å². The van der Waals surface area contributed by atoms with Gasteiger partial charge in [0.25, 0.3) is 11.8 Å². The Hall–Kier alpha value is -5.48. The Morgan fingerprint density at radius 2 is 1.61 bits per heavy atom. The fourth-order valence-electron chi connectivity index (χ4n) is 4.40. The highest BCUT2D eigenvalue weighted by Gasteiger charge is 2.11. The van der Waals surface area contributed by atoms with Crippen molar-refractivity contribution in [2.75, 3.05) is 23.8 Å². The van der Waals surface area contributed by atoms with E-state index >= 15 is 0 Å². The third-order valence-electron chi connectivity index (χ3n) is 7.05. The first-order chi connectivity index (χ1) is 22.3. The van der Waals surface area contributed by atoms with E-state index in [2.05, 4.69) is 33.1 Å². The molecule has 0 unspecified atom stereocenters. The second-order valence-electron chi connectivity index (χ2n) is 10.6. The van der Waals surface area contributed by atoms with Crippen molar-refractivity contribution in [2.24, 2.45) is 5.10 Å². The summed E-state index contributed by atoms with van der Waals surface area (Å²) in [6, 6.07) is 26.3. The maximum absolute atomic E-state index is 12.7. The van der Waals surface area contributed by atoms with E-state index in [9.17, 15) is 9.59 Å². The normalized spacial score (nSPS) is 10.9. The Labute approximate surface area is 272 Å². The molecule has 0 aliphatic heterocycles. The Kier molecular flexibility index (Phi) is 10.4. The molecule has 3 N–H and O–H groups in total. The quantitative estimate of drug-likeness (QED) is 0.0960. The number of anilines is 3. The summed E-state index contributed by atoms with van der Waals surface area (Å²) in [6.07, 6.45) is 1.52. The van der Waals surface area contributed by atoms with Crippen LogP contribution in [0.4, 0.5) is 16.5 Å². The number of nitrogens with one attached hydrogen (secondary N) is 3. The van der Waals surface area contributed by atoms with Gasteiger partial charge in [0, 0.05) is 27.9 Å². The van der Waals surface area contributed by atoms with Gasteiger partial charge in [0.05, 0.1) is 18.5 Å². The minimum Gasteiger partial charge on any atom is -0.490 e. The highest BCUT2D eigenvalue weighted by molar-refractivity contribution is 7.14. The van der Waals surface area contributed by atoms with E-state index in [-0.39, 0.29) is 18.4 Å². The van der Waals surface area contributed by atoms with E-state index in [0.717, 1.165) is 33.2 Å². The lowest BCUT2D eigenvalue weighted by Gasteiger charge is -2.13. The van der Waals surface area contributed by atoms with E-state index in [4.69, 9.17) is 9.47 Å². The molecule has 4 aromatic carbocycles. The summed E-state index contributed by atoms with van der Waals surface area (Å²) in [4.78, 5) is 29.8. The predicted molar refractivity (Wildman–Crippen MR) is 185 cm³/mol. The van der Waals surface area contributed by atoms with Gasteiger partial charge in [0.1, 0.15) is 0 Å². The van der Waals surface area contributed by atoms with E-state index in [0.29, 0.717) is 34.9 Å². The number of benzene rings is 4. The molecule has 234 valence electrons. The van der Waals surface area contributed by atoms with Crippen molar-refractivity contribution in [3.05, 3.63) is 118 Å². The van der Waals surface area contributed by atoms with Gasteiger partial charge in [0.2, 0.25) is 0 Å². The number of nitrogens with zero attached hydrogens (tertiary/aromatic N) is 2. The summed E-state index contributed by atoms with van der Waals surface area (Å²) in [7, 11) is 0. The number of carbonyl (C=O) groups is 2. The van der Waals surface area contributed by atoms with Crippen LogP contribution in [0.25, 0.3) is 11.3 Å². The average Bonchev–Trinajstić information content (AvgIpc) is 3.52. The highest BCUT2D eigenvalue weighted by atomic mass is 32.1. The standard InChI is InChI=1S/C36H35N5O4S/c1-5-44-33-19-26(9-17-32(33)45-21-34(42)38-30-16-8-24(3)25(4)18-30)20-37-41-35(43)28-12-10-27(11-13-28)31-22-46-36(40-31)39-29-14-6-23(2)7-15-29/h6-20,22H,5,21H2,1-4H3,(H,38,42)(H,39,40)(H,41,43)/b37-20+. The first-order valence-electron chi connectivity index (χ1n) is 14.8. The first-order valence-corrected chi connectivity index (χ1v) is 15.6. The summed E-state index contributed by atoms with van der Waals surface area (Å²) in [5, 5.41) is 13.0. The SMILES string of the molecule is CCOc1cc(/C=N/NC(=O)c2ccc(-c3csc(Nc4ccc(C)cc4)n3)cc2)ccc1OCC(=O)Nc1ccc(C)c(C)c1. The van der Waals surface area contributed by atoms with E-state index in [1.54, 1.807) is 30.3 Å². The molecule has 0 radical (unpaired) electrons. The molecular weight excluding hydrogens is 598 g/mol. The Balaban J connectivity index is 1.14. The Morgan fingerprint density at radius 1 is 0.848 bits per heavy atom. The molecule has 0 spiro atoms. The van der Waals surface area contributed by atoms with Crippen LogP contribution in [0.2, 0.25) is 0 Å². The molecule has 0 atom stereocenters. The molecule has 5 rings (SSSR count). The molecular formula is C36H35N5O4S. The number of aryl methyl sites for hydroxylation is 3. The molecule has 1 aromatic heterocycles. The number of carbonyl (C=O) groups excluding carboxylic acids is 2. The molecule has 10 heteroatoms. The largest absolute Gasteiger partial charge is 0.490 e. The molecule has 0 bridgehead atoms. The molecule has 46 heavy (non-hydrogen) atoms. The van der Waals surface area contributed by atoms with Crippen molar-refractivity contribution in [3.8, 4) is 22.8 Å². The maximum atomic E-state index is 12.7. The van der Waals surface area contributed by atoms with Gasteiger partial charge in [0.15, 0.2) is 23.2 Å². The van der Waals surface area contributed by atoms with Crippen LogP contribution in [0, 0.1) is 20.8 Å². The number of hydrogen-bond acceptors (Lipinski definition) is 8. The van der Waals surface area contributed by atoms with Crippen LogP contribution in [-0.2, 0) is 4.79 Å². The molecule has 0 saturated carbocycles. The van der Waals surface area contributed by atoms with Gasteiger partial charge in [-0.2, -0.15) is 5.10 Å². The number of hydrogen-bond donors (Lipinski definition) is 3. The number of hydrazone groups is 1. The van der Waals surface area contributed by atoms with Gasteiger partial charge in [-0.1, -0.05) is 35.9 Å². The van der Waals surface area contributed by atoms with Gasteiger partial charge in [-0.25, -0.2) is 10.4 Å². The third kappa shape index (κ3) is 8.58. The topological polar surface area (TPSA) is 114 Å². The van der Waals surface area contributed by atoms with Crippen molar-refractivity contribution in [2.45, 2.75) is 27.7 Å². The fourth-order valence-corrected chi connectivity index (χ4v) is 5.14. The lowest BCUT2D eigenvalue weighted by atomic mass is 10.1. The molecule has 0 fully saturated rings. The van der Waals surface area contributed by atoms with Crippen LogP contribution in [0.5, 0.6) is 11.5 Å². The van der Waals surface area contributed by atoms with Crippen LogP contribution in [0.1, 0.15) is 39.5 Å². The monoisotopic (exact) mass is 633 g/mol. The molecule has 0 aliphatic carbocycles. The molecule has 0 aliphatic rings. The number of ether oxygens (including phenoxy) is 2. The predicted octanol–water partition coefficient (Wildman–Crippen LogP) is 7.66. The zero-order chi connectivity index (χ0) is 32.5. The van der Waals surface area contributed by atoms with E-state index in [1.165, 1.54) is 23.1 Å². The number of rotatable bonds is 12. The summed E-state index contributed by atoms with van der Waals surface area (Å²) in [5.74, 6) is 0.268. The molecule has 5 aromatic rings. The first kappa shape index (κ1) is 31.9. The lowest BCUT2D eigenvalue weighted by molar-refractivity contribution is -0.118. The van der Waals surface area contributed by atoms with Gasteiger partial charge < -0.3 is 20.1 Å². The maximum Gasteiger partial charge on any atom is 0.271 e. The van der Waals surface area contributed by atoms with Gasteiger partial charge >= 0.3 is 0 Å². The van der Waals surface area contributed by atoms with Crippen LogP contribution in [-0.4, -0.2) is 36.2 Å². The Morgan fingerprint density at radius 3 is 2.35 bits per heavy atom. The molecule has 0 saturated heterocycles. The second kappa shape index (κ2) is 15.0. The number of amides is 2. The van der Waals surface area contributed by atoms with Gasteiger partial charge in [-0.05, 0) is 99.0 Å². The van der Waals surface area contributed by atoms with Gasteiger partial charge in [-0.15, -0.1) is 11.3 Å². The van der Waals surface area contributed by atoms with Gasteiger partial charge in [-0.3, -0.25) is 9.59 Å². The fraction of sp³-hybridized carbons (Fsp3) is 0.167. The van der Waals surface area contributed by atoms with Crippen molar-refractivity contribution in [1.29, 1.82) is 0 Å². The highest BCUT2D eigenvalue weighted by Crippen LogP contribution is 2.29.